The van der Waals surface area contributed by atoms with Gasteiger partial charge in [-0.1, -0.05) is 13.8 Å². The zero-order chi connectivity index (χ0) is 17.9. The molecule has 1 heterocycles. The minimum absolute atomic E-state index is 0.137. The minimum atomic E-state index is -3.58. The van der Waals surface area contributed by atoms with Crippen molar-refractivity contribution in [2.24, 2.45) is 5.92 Å². The summed E-state index contributed by atoms with van der Waals surface area (Å²) >= 11 is 0. The molecule has 0 aromatic heterocycles. The van der Waals surface area contributed by atoms with Crippen molar-refractivity contribution in [3.05, 3.63) is 53.2 Å². The molecule has 1 aliphatic rings. The van der Waals surface area contributed by atoms with Gasteiger partial charge in [0, 0.05) is 18.3 Å². The fourth-order valence-corrected chi connectivity index (χ4v) is 2.55. The van der Waals surface area contributed by atoms with Crippen LogP contribution in [0.1, 0.15) is 19.4 Å². The molecule has 2 rings (SSSR count). The van der Waals surface area contributed by atoms with Gasteiger partial charge in [-0.3, -0.25) is 14.6 Å². The molecule has 0 saturated heterocycles. The monoisotopic (exact) mass is 358 g/mol. The Balaban J connectivity index is 2.29. The zero-order valence-corrected chi connectivity index (χ0v) is 14.5. The number of rotatable bonds is 6. The summed E-state index contributed by atoms with van der Waals surface area (Å²) in [5.74, 6) is -1.55. The highest BCUT2D eigenvalue weighted by molar-refractivity contribution is 7.86. The zero-order valence-electron chi connectivity index (χ0n) is 13.7. The summed E-state index contributed by atoms with van der Waals surface area (Å²) in [6.07, 6.45) is 4.35. The first-order valence-electron chi connectivity index (χ1n) is 7.39. The highest BCUT2D eigenvalue weighted by Crippen LogP contribution is 2.22. The smallest absolute Gasteiger partial charge is 0.264 e. The van der Waals surface area contributed by atoms with Crippen LogP contribution in [0.5, 0.6) is 0 Å². The van der Waals surface area contributed by atoms with E-state index in [-0.39, 0.29) is 6.61 Å². The molecule has 5 nitrogen and oxygen atoms in total. The van der Waals surface area contributed by atoms with Gasteiger partial charge in [-0.25, -0.2) is 8.78 Å². The van der Waals surface area contributed by atoms with E-state index >= 15 is 0 Å². The average Bonchev–Trinajstić information content (AvgIpc) is 2.46. The topological polar surface area (TPSA) is 58.6 Å². The number of nitrogens with one attached hydrogen (secondary N) is 1. The Kier molecular flexibility index (Phi) is 5.61. The van der Waals surface area contributed by atoms with Crippen LogP contribution >= 0.6 is 0 Å². The lowest BCUT2D eigenvalue weighted by Crippen LogP contribution is -2.37. The SMILES string of the molecule is CC(C)CN1C=C(COS(C)(=O)=O)C=C(c2ccc(F)c(F)c2)N1. The number of nitrogens with zero attached hydrogens (tertiary/aromatic N) is 1. The molecule has 0 bridgehead atoms. The number of halogens is 2. The van der Waals surface area contributed by atoms with Crippen LogP contribution in [-0.4, -0.2) is 32.8 Å². The third-order valence-electron chi connectivity index (χ3n) is 3.15. The van der Waals surface area contributed by atoms with Crippen LogP contribution in [0.25, 0.3) is 5.70 Å². The van der Waals surface area contributed by atoms with Gasteiger partial charge in [-0.2, -0.15) is 8.42 Å². The lowest BCUT2D eigenvalue weighted by molar-refractivity contribution is 0.275. The molecule has 0 atom stereocenters. The second kappa shape index (κ2) is 7.31. The Morgan fingerprint density at radius 1 is 1.25 bits per heavy atom. The van der Waals surface area contributed by atoms with Crippen molar-refractivity contribution < 1.29 is 21.4 Å². The van der Waals surface area contributed by atoms with Crippen molar-refractivity contribution >= 4 is 15.8 Å². The van der Waals surface area contributed by atoms with E-state index in [0.29, 0.717) is 29.3 Å². The molecule has 0 fully saturated rings. The van der Waals surface area contributed by atoms with Crippen molar-refractivity contribution in [2.75, 3.05) is 19.4 Å². The van der Waals surface area contributed by atoms with Gasteiger partial charge < -0.3 is 0 Å². The first-order valence-corrected chi connectivity index (χ1v) is 9.21. The molecule has 8 heteroatoms. The maximum Gasteiger partial charge on any atom is 0.264 e. The Morgan fingerprint density at radius 2 is 1.96 bits per heavy atom. The molecule has 132 valence electrons. The van der Waals surface area contributed by atoms with Crippen molar-refractivity contribution in [2.45, 2.75) is 13.8 Å². The van der Waals surface area contributed by atoms with Crippen LogP contribution in [0.2, 0.25) is 0 Å². The molecule has 1 aliphatic heterocycles. The van der Waals surface area contributed by atoms with Crippen LogP contribution < -0.4 is 5.43 Å². The van der Waals surface area contributed by atoms with Gasteiger partial charge in [0.05, 0.1) is 18.6 Å². The van der Waals surface area contributed by atoms with Gasteiger partial charge in [0.1, 0.15) is 0 Å². The Bertz CT molecular complexity index is 774. The number of hydrazine groups is 1. The predicted octanol–water partition coefficient (Wildman–Crippen LogP) is 2.64. The van der Waals surface area contributed by atoms with Crippen LogP contribution in [-0.2, 0) is 14.3 Å². The summed E-state index contributed by atoms with van der Waals surface area (Å²) in [5, 5.41) is 1.77. The van der Waals surface area contributed by atoms with Crippen molar-refractivity contribution in [1.82, 2.24) is 10.4 Å². The number of hydrogen-bond acceptors (Lipinski definition) is 5. The molecule has 1 aromatic rings. The van der Waals surface area contributed by atoms with E-state index in [2.05, 4.69) is 5.43 Å². The molecule has 0 radical (unpaired) electrons. The standard InChI is InChI=1S/C16H20F2N2O3S/c1-11(2)8-20-9-12(10-23-24(3,21)22)6-16(19-20)13-4-5-14(17)15(18)7-13/h4-7,9,11,19H,8,10H2,1-3H3. The van der Waals surface area contributed by atoms with Crippen LogP contribution in [0.15, 0.2) is 36.0 Å². The highest BCUT2D eigenvalue weighted by Gasteiger charge is 2.16. The predicted molar refractivity (Wildman–Crippen MR) is 87.9 cm³/mol. The number of hydrogen-bond donors (Lipinski definition) is 1. The molecule has 1 N–H and O–H groups in total. The maximum absolute atomic E-state index is 13.5. The lowest BCUT2D eigenvalue weighted by Gasteiger charge is -2.30. The molecular formula is C16H20F2N2O3S. The van der Waals surface area contributed by atoms with E-state index in [1.54, 1.807) is 17.3 Å². The summed E-state index contributed by atoms with van der Waals surface area (Å²) in [7, 11) is -3.58. The summed E-state index contributed by atoms with van der Waals surface area (Å²) in [4.78, 5) is 0. The van der Waals surface area contributed by atoms with E-state index in [4.69, 9.17) is 4.18 Å². The summed E-state index contributed by atoms with van der Waals surface area (Å²) < 4.78 is 53.8. The first kappa shape index (κ1) is 18.4. The van der Waals surface area contributed by atoms with Gasteiger partial charge in [-0.05, 0) is 35.8 Å². The lowest BCUT2D eigenvalue weighted by atomic mass is 10.1. The Hall–Kier alpha value is -1.93. The maximum atomic E-state index is 13.5. The fraction of sp³-hybridized carbons (Fsp3) is 0.375. The van der Waals surface area contributed by atoms with Gasteiger partial charge >= 0.3 is 0 Å². The fourth-order valence-electron chi connectivity index (χ4n) is 2.20. The largest absolute Gasteiger partial charge is 0.298 e. The Morgan fingerprint density at radius 3 is 2.54 bits per heavy atom. The van der Waals surface area contributed by atoms with Crippen molar-refractivity contribution in [1.29, 1.82) is 0 Å². The highest BCUT2D eigenvalue weighted by atomic mass is 32.2. The van der Waals surface area contributed by atoms with E-state index in [9.17, 15) is 17.2 Å². The van der Waals surface area contributed by atoms with Crippen LogP contribution in [0.3, 0.4) is 0 Å². The van der Waals surface area contributed by atoms with E-state index in [0.717, 1.165) is 18.4 Å². The van der Waals surface area contributed by atoms with Crippen molar-refractivity contribution in [3.8, 4) is 0 Å². The van der Waals surface area contributed by atoms with Crippen LogP contribution in [0, 0.1) is 17.6 Å². The Labute approximate surface area is 140 Å². The number of benzene rings is 1. The van der Waals surface area contributed by atoms with Gasteiger partial charge in [0.15, 0.2) is 11.6 Å². The molecule has 0 unspecified atom stereocenters. The quantitative estimate of drug-likeness (QED) is 0.793. The molecule has 0 amide bonds. The van der Waals surface area contributed by atoms with Crippen molar-refractivity contribution in [3.63, 3.8) is 0 Å². The van der Waals surface area contributed by atoms with E-state index in [1.807, 2.05) is 13.8 Å². The minimum Gasteiger partial charge on any atom is -0.298 e. The molecule has 1 aromatic carbocycles. The first-order chi connectivity index (χ1) is 11.1. The molecule has 0 spiro atoms. The second-order valence-corrected chi connectivity index (χ2v) is 7.66. The van der Waals surface area contributed by atoms with Gasteiger partial charge in [0.2, 0.25) is 0 Å². The second-order valence-electron chi connectivity index (χ2n) is 6.02. The van der Waals surface area contributed by atoms with Gasteiger partial charge in [-0.15, -0.1) is 0 Å². The van der Waals surface area contributed by atoms with Crippen LogP contribution in [0.4, 0.5) is 8.78 Å². The molecule has 24 heavy (non-hydrogen) atoms. The van der Waals surface area contributed by atoms with Gasteiger partial charge in [0.25, 0.3) is 10.1 Å². The third kappa shape index (κ3) is 5.31. The average molecular weight is 358 g/mol. The normalized spacial score (nSPS) is 15.2. The van der Waals surface area contributed by atoms with E-state index < -0.39 is 21.8 Å². The third-order valence-corrected chi connectivity index (χ3v) is 3.69. The summed E-state index contributed by atoms with van der Waals surface area (Å²) in [6, 6.07) is 3.58. The van der Waals surface area contributed by atoms with E-state index in [1.165, 1.54) is 6.07 Å². The molecular weight excluding hydrogens is 338 g/mol. The summed E-state index contributed by atoms with van der Waals surface area (Å²) in [5.41, 5.74) is 4.68. The molecule has 0 aliphatic carbocycles. The molecule has 0 saturated carbocycles. The summed E-state index contributed by atoms with van der Waals surface area (Å²) in [6.45, 7) is 4.56.